The smallest absolute Gasteiger partial charge is 0.253 e. The lowest BCUT2D eigenvalue weighted by molar-refractivity contribution is -0.123. The molecule has 10 nitrogen and oxygen atoms in total. The summed E-state index contributed by atoms with van der Waals surface area (Å²) in [6.45, 7) is 12.8. The minimum absolute atomic E-state index is 0.0310. The Labute approximate surface area is 273 Å². The first kappa shape index (κ1) is 38.6. The molecule has 0 saturated heterocycles. The average molecular weight is 639 g/mol. The highest BCUT2D eigenvalue weighted by Gasteiger charge is 2.34. The predicted octanol–water partition coefficient (Wildman–Crippen LogP) is 5.32. The summed E-state index contributed by atoms with van der Waals surface area (Å²) in [5.41, 5.74) is 1.12. The van der Waals surface area contributed by atoms with Crippen molar-refractivity contribution in [2.45, 2.75) is 73.3 Å². The van der Waals surface area contributed by atoms with Gasteiger partial charge in [-0.1, -0.05) is 65.8 Å². The molecule has 2 aromatic rings. The molecular formula is C36H50N2O8. The number of ether oxygens (including phenoxy) is 3. The van der Waals surface area contributed by atoms with Gasteiger partial charge in [-0.3, -0.25) is 29.0 Å². The van der Waals surface area contributed by atoms with Gasteiger partial charge in [0.05, 0.1) is 50.9 Å². The Balaban J connectivity index is 2.27. The summed E-state index contributed by atoms with van der Waals surface area (Å²) in [5, 5.41) is 3.01. The van der Waals surface area contributed by atoms with Crippen molar-refractivity contribution in [3.63, 3.8) is 0 Å². The van der Waals surface area contributed by atoms with Crippen LogP contribution < -0.4 is 5.32 Å². The number of hydrogen-bond donors (Lipinski definition) is 1. The Hall–Kier alpha value is -3.60. The van der Waals surface area contributed by atoms with E-state index >= 15 is 0 Å². The van der Waals surface area contributed by atoms with Gasteiger partial charge in [-0.15, -0.1) is 0 Å². The highest BCUT2D eigenvalue weighted by Crippen LogP contribution is 2.19. The van der Waals surface area contributed by atoms with E-state index in [1.807, 2.05) is 41.5 Å². The summed E-state index contributed by atoms with van der Waals surface area (Å²) in [5.74, 6) is -0.679. The van der Waals surface area contributed by atoms with E-state index in [1.54, 1.807) is 36.4 Å². The summed E-state index contributed by atoms with van der Waals surface area (Å²) in [6.07, 6.45) is 2.11. The summed E-state index contributed by atoms with van der Waals surface area (Å²) >= 11 is 0. The maximum Gasteiger partial charge on any atom is 0.253 e. The average Bonchev–Trinajstić information content (AvgIpc) is 3.02. The Morgan fingerprint density at radius 2 is 1.07 bits per heavy atom. The Morgan fingerprint density at radius 1 is 0.652 bits per heavy atom. The van der Waals surface area contributed by atoms with E-state index < -0.39 is 11.4 Å². The molecule has 46 heavy (non-hydrogen) atoms. The first-order valence-corrected chi connectivity index (χ1v) is 16.0. The SMILES string of the molecule is CC(=O)c1ccc(-c2ccc(C(=O)NC(COCCC(=O)C(C)C)(COCCC(=O)C(C)C)COCCC(=O)C(C)C)cn2)cc1. The highest BCUT2D eigenvalue weighted by atomic mass is 16.5. The van der Waals surface area contributed by atoms with Crippen molar-refractivity contribution in [1.29, 1.82) is 0 Å². The maximum absolute atomic E-state index is 13.6. The highest BCUT2D eigenvalue weighted by molar-refractivity contribution is 5.95. The van der Waals surface area contributed by atoms with Gasteiger partial charge in [0.2, 0.25) is 0 Å². The topological polar surface area (TPSA) is 138 Å². The van der Waals surface area contributed by atoms with Gasteiger partial charge in [-0.05, 0) is 19.1 Å². The second-order valence-electron chi connectivity index (χ2n) is 12.6. The zero-order valence-corrected chi connectivity index (χ0v) is 28.4. The quantitative estimate of drug-likeness (QED) is 0.134. The lowest BCUT2D eigenvalue weighted by Gasteiger charge is -2.34. The van der Waals surface area contributed by atoms with Crippen LogP contribution in [0.1, 0.15) is 88.4 Å². The number of carbonyl (C=O) groups is 5. The fourth-order valence-corrected chi connectivity index (χ4v) is 4.31. The van der Waals surface area contributed by atoms with E-state index in [0.29, 0.717) is 11.3 Å². The third-order valence-electron chi connectivity index (χ3n) is 7.54. The number of aromatic nitrogens is 1. The van der Waals surface area contributed by atoms with Crippen molar-refractivity contribution in [2.24, 2.45) is 17.8 Å². The number of hydrogen-bond acceptors (Lipinski definition) is 9. The van der Waals surface area contributed by atoms with Crippen LogP contribution in [-0.2, 0) is 28.6 Å². The van der Waals surface area contributed by atoms with Gasteiger partial charge in [0.25, 0.3) is 5.91 Å². The molecule has 0 saturated carbocycles. The van der Waals surface area contributed by atoms with Crippen LogP contribution in [0.4, 0.5) is 0 Å². The number of carbonyl (C=O) groups excluding carboxylic acids is 5. The Kier molecular flexibility index (Phi) is 16.1. The van der Waals surface area contributed by atoms with Crippen molar-refractivity contribution in [1.82, 2.24) is 10.3 Å². The van der Waals surface area contributed by atoms with E-state index in [1.165, 1.54) is 13.1 Å². The van der Waals surface area contributed by atoms with E-state index in [4.69, 9.17) is 14.2 Å². The monoisotopic (exact) mass is 638 g/mol. The Morgan fingerprint density at radius 3 is 1.41 bits per heavy atom. The number of benzene rings is 1. The molecule has 0 aliphatic heterocycles. The number of Topliss-reactive ketones (excluding diaryl/α,β-unsaturated/α-hetero) is 4. The molecule has 1 N–H and O–H groups in total. The zero-order chi connectivity index (χ0) is 34.3. The number of nitrogens with zero attached hydrogens (tertiary/aromatic N) is 1. The molecule has 2 rings (SSSR count). The third kappa shape index (κ3) is 13.0. The number of amides is 1. The molecule has 0 fully saturated rings. The molecular weight excluding hydrogens is 588 g/mol. The molecule has 0 radical (unpaired) electrons. The van der Waals surface area contributed by atoms with Gasteiger partial charge in [0.15, 0.2) is 5.78 Å². The second kappa shape index (κ2) is 19.2. The third-order valence-corrected chi connectivity index (χ3v) is 7.54. The van der Waals surface area contributed by atoms with Crippen molar-refractivity contribution in [3.05, 3.63) is 53.7 Å². The lowest BCUT2D eigenvalue weighted by Crippen LogP contribution is -2.58. The summed E-state index contributed by atoms with van der Waals surface area (Å²) in [7, 11) is 0. The molecule has 10 heteroatoms. The summed E-state index contributed by atoms with van der Waals surface area (Å²) in [6, 6.07) is 10.4. The van der Waals surface area contributed by atoms with Gasteiger partial charge in [0.1, 0.15) is 22.9 Å². The van der Waals surface area contributed by atoms with Crippen LogP contribution in [-0.4, -0.2) is 79.2 Å². The second-order valence-corrected chi connectivity index (χ2v) is 12.6. The summed E-state index contributed by atoms with van der Waals surface area (Å²) < 4.78 is 17.8. The maximum atomic E-state index is 13.6. The lowest BCUT2D eigenvalue weighted by atomic mass is 10.0. The predicted molar refractivity (Wildman–Crippen MR) is 176 cm³/mol. The van der Waals surface area contributed by atoms with Gasteiger partial charge in [-0.2, -0.15) is 0 Å². The summed E-state index contributed by atoms with van der Waals surface area (Å²) in [4.78, 5) is 66.2. The van der Waals surface area contributed by atoms with Crippen LogP contribution in [0.15, 0.2) is 42.6 Å². The Bertz CT molecular complexity index is 1230. The zero-order valence-electron chi connectivity index (χ0n) is 28.4. The molecule has 0 atom stereocenters. The minimum Gasteiger partial charge on any atom is -0.378 e. The molecule has 1 aromatic heterocycles. The van der Waals surface area contributed by atoms with Gasteiger partial charge in [-0.25, -0.2) is 0 Å². The van der Waals surface area contributed by atoms with Gasteiger partial charge >= 0.3 is 0 Å². The van der Waals surface area contributed by atoms with E-state index in [-0.39, 0.29) is 105 Å². The molecule has 1 heterocycles. The van der Waals surface area contributed by atoms with Crippen LogP contribution in [0.25, 0.3) is 11.3 Å². The number of rotatable bonds is 22. The van der Waals surface area contributed by atoms with Crippen LogP contribution in [0.2, 0.25) is 0 Å². The van der Waals surface area contributed by atoms with Crippen LogP contribution in [0.5, 0.6) is 0 Å². The molecule has 252 valence electrons. The molecule has 0 unspecified atom stereocenters. The van der Waals surface area contributed by atoms with Gasteiger partial charge in [0, 0.05) is 54.3 Å². The number of nitrogens with one attached hydrogen (secondary N) is 1. The molecule has 1 amide bonds. The molecule has 1 aromatic carbocycles. The van der Waals surface area contributed by atoms with Crippen molar-refractivity contribution < 1.29 is 38.2 Å². The van der Waals surface area contributed by atoms with Gasteiger partial charge < -0.3 is 19.5 Å². The molecule has 0 bridgehead atoms. The van der Waals surface area contributed by atoms with Crippen LogP contribution in [0.3, 0.4) is 0 Å². The fraction of sp³-hybridized carbons (Fsp3) is 0.556. The fourth-order valence-electron chi connectivity index (χ4n) is 4.31. The number of ketones is 4. The van der Waals surface area contributed by atoms with E-state index in [9.17, 15) is 24.0 Å². The van der Waals surface area contributed by atoms with Crippen LogP contribution >= 0.6 is 0 Å². The van der Waals surface area contributed by atoms with Crippen molar-refractivity contribution in [3.8, 4) is 11.3 Å². The first-order chi connectivity index (χ1) is 21.7. The standard InChI is InChI=1S/C36H50N2O8/c1-24(2)32(40)14-17-44-21-36(22-45-18-15-33(41)25(3)4,23-46-19-16-34(42)26(5)6)38-35(43)30-12-13-31(37-20-30)29-10-8-28(9-11-29)27(7)39/h8-13,20,24-26H,14-19,21-23H2,1-7H3,(H,38,43). The van der Waals surface area contributed by atoms with E-state index in [0.717, 1.165) is 5.56 Å². The first-order valence-electron chi connectivity index (χ1n) is 16.0. The molecule has 0 spiro atoms. The largest absolute Gasteiger partial charge is 0.378 e. The molecule has 0 aliphatic carbocycles. The van der Waals surface area contributed by atoms with Crippen molar-refractivity contribution in [2.75, 3.05) is 39.6 Å². The minimum atomic E-state index is -1.19. The normalized spacial score (nSPS) is 11.7. The van der Waals surface area contributed by atoms with Crippen LogP contribution in [0, 0.1) is 17.8 Å². The number of pyridine rings is 1. The molecule has 0 aliphatic rings. The van der Waals surface area contributed by atoms with Crippen molar-refractivity contribution >= 4 is 29.0 Å². The van der Waals surface area contributed by atoms with E-state index in [2.05, 4.69) is 10.3 Å².